The zero-order valence-corrected chi connectivity index (χ0v) is 17.1. The molecule has 2 saturated heterocycles. The number of aliphatic carboxylic acids is 1. The van der Waals surface area contributed by atoms with E-state index in [0.717, 1.165) is 23.5 Å². The van der Waals surface area contributed by atoms with E-state index in [2.05, 4.69) is 4.98 Å². The molecule has 0 unspecified atom stereocenters. The topological polar surface area (TPSA) is 106 Å². The molecule has 3 heterocycles. The minimum Gasteiger partial charge on any atom is -0.475 e. The molecule has 2 aliphatic heterocycles. The van der Waals surface area contributed by atoms with Gasteiger partial charge in [-0.25, -0.2) is 18.2 Å². The molecule has 4 rings (SSSR count). The van der Waals surface area contributed by atoms with Crippen LogP contribution in [0.25, 0.3) is 0 Å². The van der Waals surface area contributed by atoms with Crippen molar-refractivity contribution in [3.05, 3.63) is 16.1 Å². The van der Waals surface area contributed by atoms with E-state index in [-0.39, 0.29) is 23.3 Å². The molecule has 1 aromatic rings. The second kappa shape index (κ2) is 8.46. The van der Waals surface area contributed by atoms with E-state index < -0.39 is 22.2 Å². The first-order valence-electron chi connectivity index (χ1n) is 8.91. The van der Waals surface area contributed by atoms with Gasteiger partial charge in [-0.2, -0.15) is 17.5 Å². The molecule has 0 radical (unpaired) electrons. The number of carbonyl (C=O) groups is 1. The van der Waals surface area contributed by atoms with Gasteiger partial charge in [0, 0.05) is 17.8 Å². The molecule has 3 atom stereocenters. The minimum atomic E-state index is -5.08. The van der Waals surface area contributed by atoms with E-state index in [9.17, 15) is 21.6 Å². The quantitative estimate of drug-likeness (QED) is 0.717. The smallest absolute Gasteiger partial charge is 0.475 e. The predicted molar refractivity (Wildman–Crippen MR) is 95.9 cm³/mol. The third-order valence-corrected chi connectivity index (χ3v) is 8.14. The normalized spacial score (nSPS) is 27.4. The van der Waals surface area contributed by atoms with Crippen molar-refractivity contribution >= 4 is 27.3 Å². The number of hydrogen-bond donors (Lipinski definition) is 1. The molecule has 1 aliphatic carbocycles. The summed E-state index contributed by atoms with van der Waals surface area (Å²) in [5.41, 5.74) is 0.918. The van der Waals surface area contributed by atoms with Gasteiger partial charge >= 0.3 is 12.1 Å². The number of ether oxygens (including phenoxy) is 2. The number of hydrogen-bond acceptors (Lipinski definition) is 7. The Kier molecular flexibility index (Phi) is 6.53. The van der Waals surface area contributed by atoms with E-state index in [0.29, 0.717) is 26.4 Å². The van der Waals surface area contributed by atoms with E-state index in [1.54, 1.807) is 15.6 Å². The van der Waals surface area contributed by atoms with Crippen molar-refractivity contribution in [2.75, 3.05) is 19.8 Å². The summed E-state index contributed by atoms with van der Waals surface area (Å²) in [7, 11) is -3.17. The summed E-state index contributed by atoms with van der Waals surface area (Å²) in [6.45, 7) is 3.94. The van der Waals surface area contributed by atoms with Gasteiger partial charge < -0.3 is 14.6 Å². The summed E-state index contributed by atoms with van der Waals surface area (Å²) in [6, 6.07) is -0.0484. The standard InChI is InChI=1S/C14H20N2O4S2.C2HF3O2/c1-9-15-10(8-21-9)5-20-14-4-16(13-7-19-6-12(13)14)22(17,18)11-2-3-11;3-2(4,5)1(6)7/h8,11-14H,2-7H2,1H3;(H,6,7)/t12-,13+,14-;/m0./s1. The first-order valence-corrected chi connectivity index (χ1v) is 11.3. The van der Waals surface area contributed by atoms with Crippen molar-refractivity contribution in [3.8, 4) is 0 Å². The van der Waals surface area contributed by atoms with Crippen LogP contribution >= 0.6 is 11.3 Å². The van der Waals surface area contributed by atoms with E-state index in [4.69, 9.17) is 19.4 Å². The lowest BCUT2D eigenvalue weighted by atomic mass is 10.0. The molecular weight excluding hydrogens is 437 g/mol. The largest absolute Gasteiger partial charge is 0.490 e. The molecule has 3 fully saturated rings. The van der Waals surface area contributed by atoms with Gasteiger partial charge in [0.2, 0.25) is 10.0 Å². The van der Waals surface area contributed by atoms with Crippen LogP contribution in [-0.2, 0) is 30.9 Å². The van der Waals surface area contributed by atoms with Crippen molar-refractivity contribution in [2.24, 2.45) is 5.92 Å². The average molecular weight is 458 g/mol. The Bertz CT molecular complexity index is 840. The number of rotatable bonds is 5. The van der Waals surface area contributed by atoms with E-state index in [1.165, 1.54) is 0 Å². The van der Waals surface area contributed by atoms with Crippen molar-refractivity contribution < 1.29 is 41.0 Å². The number of alkyl halides is 3. The monoisotopic (exact) mass is 458 g/mol. The number of carboxylic acid groups (broad SMARTS) is 1. The Morgan fingerprint density at radius 3 is 2.59 bits per heavy atom. The zero-order chi connectivity index (χ0) is 21.4. The van der Waals surface area contributed by atoms with E-state index in [1.807, 2.05) is 12.3 Å². The fourth-order valence-corrected chi connectivity index (χ4v) is 6.01. The molecule has 8 nitrogen and oxygen atoms in total. The Balaban J connectivity index is 0.000000298. The van der Waals surface area contributed by atoms with Crippen LogP contribution in [0.4, 0.5) is 13.2 Å². The van der Waals surface area contributed by atoms with Gasteiger partial charge in [0.15, 0.2) is 0 Å². The lowest BCUT2D eigenvalue weighted by molar-refractivity contribution is -0.192. The number of thiazole rings is 1. The summed E-state index contributed by atoms with van der Waals surface area (Å²) in [6.07, 6.45) is -3.59. The Labute approximate surface area is 169 Å². The number of sulfonamides is 1. The van der Waals surface area contributed by atoms with Crippen LogP contribution in [0.2, 0.25) is 0 Å². The lowest BCUT2D eigenvalue weighted by Gasteiger charge is -2.21. The molecule has 1 aromatic heterocycles. The fraction of sp³-hybridized carbons (Fsp3) is 0.750. The Hall–Kier alpha value is -1.28. The summed E-state index contributed by atoms with van der Waals surface area (Å²) >= 11 is 1.60. The summed E-state index contributed by atoms with van der Waals surface area (Å²) in [5.74, 6) is -2.61. The van der Waals surface area contributed by atoms with Crippen LogP contribution in [0, 0.1) is 12.8 Å². The summed E-state index contributed by atoms with van der Waals surface area (Å²) in [4.78, 5) is 13.3. The highest BCUT2D eigenvalue weighted by molar-refractivity contribution is 7.90. The van der Waals surface area contributed by atoms with Crippen molar-refractivity contribution in [1.82, 2.24) is 9.29 Å². The number of fused-ring (bicyclic) bond motifs is 1. The molecule has 0 bridgehead atoms. The van der Waals surface area contributed by atoms with Crippen LogP contribution in [0.1, 0.15) is 23.5 Å². The molecule has 0 amide bonds. The van der Waals surface area contributed by atoms with E-state index >= 15 is 0 Å². The van der Waals surface area contributed by atoms with Gasteiger partial charge in [-0.15, -0.1) is 11.3 Å². The molecule has 0 aromatic carbocycles. The van der Waals surface area contributed by atoms with Gasteiger partial charge in [-0.05, 0) is 19.8 Å². The van der Waals surface area contributed by atoms with Crippen molar-refractivity contribution in [2.45, 2.75) is 49.9 Å². The van der Waals surface area contributed by atoms with Gasteiger partial charge in [0.1, 0.15) is 0 Å². The molecule has 13 heteroatoms. The SMILES string of the molecule is Cc1nc(CO[C@H]2CN(S(=O)(=O)C3CC3)[C@@H]3COC[C@H]23)cs1.O=C(O)C(F)(F)F. The first kappa shape index (κ1) is 22.4. The maximum absolute atomic E-state index is 12.6. The van der Waals surface area contributed by atoms with Crippen LogP contribution in [0.3, 0.4) is 0 Å². The van der Waals surface area contributed by atoms with Gasteiger partial charge in [0.25, 0.3) is 0 Å². The fourth-order valence-electron chi connectivity index (χ4n) is 3.35. The first-order chi connectivity index (χ1) is 13.5. The molecule has 29 heavy (non-hydrogen) atoms. The highest BCUT2D eigenvalue weighted by atomic mass is 32.2. The molecule has 3 aliphatic rings. The van der Waals surface area contributed by atoms with Crippen LogP contribution < -0.4 is 0 Å². The second-order valence-corrected chi connectivity index (χ2v) is 10.3. The molecule has 1 N–H and O–H groups in total. The van der Waals surface area contributed by atoms with Crippen molar-refractivity contribution in [1.29, 1.82) is 0 Å². The summed E-state index contributed by atoms with van der Waals surface area (Å²) < 4.78 is 70.0. The zero-order valence-electron chi connectivity index (χ0n) is 15.5. The Morgan fingerprint density at radius 2 is 2.07 bits per heavy atom. The highest BCUT2D eigenvalue weighted by Crippen LogP contribution is 2.40. The number of nitrogens with zero attached hydrogens (tertiary/aromatic N) is 2. The second-order valence-electron chi connectivity index (χ2n) is 7.09. The molecular formula is C16H21F3N2O6S2. The average Bonchev–Trinajstić information content (AvgIpc) is 3.08. The number of carboxylic acids is 1. The van der Waals surface area contributed by atoms with Gasteiger partial charge in [-0.1, -0.05) is 0 Å². The number of aromatic nitrogens is 1. The third kappa shape index (κ3) is 5.26. The maximum atomic E-state index is 12.6. The van der Waals surface area contributed by atoms with Crippen LogP contribution in [0.5, 0.6) is 0 Å². The molecule has 164 valence electrons. The Morgan fingerprint density at radius 1 is 1.41 bits per heavy atom. The maximum Gasteiger partial charge on any atom is 0.490 e. The third-order valence-electron chi connectivity index (χ3n) is 4.93. The summed E-state index contributed by atoms with van der Waals surface area (Å²) in [5, 5.41) is 9.96. The number of halogens is 3. The molecule has 1 saturated carbocycles. The van der Waals surface area contributed by atoms with Gasteiger partial charge in [0.05, 0.1) is 47.9 Å². The minimum absolute atomic E-state index is 0.0484. The molecule has 0 spiro atoms. The number of aryl methyl sites for hydroxylation is 1. The van der Waals surface area contributed by atoms with Crippen LogP contribution in [0.15, 0.2) is 5.38 Å². The van der Waals surface area contributed by atoms with Gasteiger partial charge in [-0.3, -0.25) is 0 Å². The highest BCUT2D eigenvalue weighted by Gasteiger charge is 2.53. The predicted octanol–water partition coefficient (Wildman–Crippen LogP) is 1.79. The lowest BCUT2D eigenvalue weighted by Crippen LogP contribution is -2.40. The van der Waals surface area contributed by atoms with Crippen LogP contribution in [-0.4, -0.2) is 72.1 Å². The van der Waals surface area contributed by atoms with Crippen molar-refractivity contribution in [3.63, 3.8) is 0 Å².